The fourth-order valence-electron chi connectivity index (χ4n) is 3.54. The topological polar surface area (TPSA) is 49.3 Å². The zero-order chi connectivity index (χ0) is 18.4. The number of benzene rings is 1. The highest BCUT2D eigenvalue weighted by molar-refractivity contribution is 14.0. The van der Waals surface area contributed by atoms with Gasteiger partial charge in [-0.05, 0) is 25.5 Å². The number of morpholine rings is 1. The predicted molar refractivity (Wildman–Crippen MR) is 116 cm³/mol. The van der Waals surface area contributed by atoms with Crippen LogP contribution < -0.4 is 10.1 Å². The van der Waals surface area contributed by atoms with Gasteiger partial charge in [-0.2, -0.15) is 0 Å². The maximum absolute atomic E-state index is 13.7. The number of halogens is 2. The number of hydrogen-bond donors (Lipinski definition) is 1. The molecule has 2 fully saturated rings. The molecule has 2 saturated heterocycles. The first-order valence-corrected chi connectivity index (χ1v) is 9.36. The molecular formula is C19H30FIN4O2. The van der Waals surface area contributed by atoms with Crippen molar-refractivity contribution in [3.63, 3.8) is 0 Å². The van der Waals surface area contributed by atoms with E-state index < -0.39 is 0 Å². The van der Waals surface area contributed by atoms with Gasteiger partial charge in [0, 0.05) is 39.3 Å². The fourth-order valence-corrected chi connectivity index (χ4v) is 3.54. The van der Waals surface area contributed by atoms with Crippen molar-refractivity contribution >= 4 is 29.9 Å². The molecule has 0 aliphatic carbocycles. The van der Waals surface area contributed by atoms with Crippen molar-refractivity contribution in [1.29, 1.82) is 0 Å². The van der Waals surface area contributed by atoms with Gasteiger partial charge in [0.25, 0.3) is 0 Å². The first kappa shape index (κ1) is 22.2. The van der Waals surface area contributed by atoms with Crippen molar-refractivity contribution in [1.82, 2.24) is 15.1 Å². The summed E-state index contributed by atoms with van der Waals surface area (Å²) < 4.78 is 24.8. The van der Waals surface area contributed by atoms with Crippen molar-refractivity contribution in [3.8, 4) is 5.75 Å². The molecule has 0 aromatic heterocycles. The second kappa shape index (κ2) is 11.0. The Balaban J connectivity index is 0.00000261. The van der Waals surface area contributed by atoms with Crippen LogP contribution in [0.1, 0.15) is 13.3 Å². The number of hydrogen-bond acceptors (Lipinski definition) is 4. The monoisotopic (exact) mass is 492 g/mol. The molecule has 2 atom stereocenters. The van der Waals surface area contributed by atoms with E-state index in [4.69, 9.17) is 9.47 Å². The molecule has 0 spiro atoms. The van der Waals surface area contributed by atoms with Gasteiger partial charge in [0.05, 0.1) is 19.8 Å². The molecule has 1 aromatic rings. The molecular weight excluding hydrogens is 462 g/mol. The third-order valence-electron chi connectivity index (χ3n) is 4.95. The number of aliphatic imine (C=N–C) groups is 1. The van der Waals surface area contributed by atoms with Crippen LogP contribution in [0.5, 0.6) is 5.75 Å². The van der Waals surface area contributed by atoms with Crippen LogP contribution in [0.25, 0.3) is 0 Å². The van der Waals surface area contributed by atoms with Crippen LogP contribution >= 0.6 is 24.0 Å². The summed E-state index contributed by atoms with van der Waals surface area (Å²) >= 11 is 0. The number of nitrogens with zero attached hydrogens (tertiary/aromatic N) is 3. The van der Waals surface area contributed by atoms with Gasteiger partial charge < -0.3 is 19.7 Å². The Morgan fingerprint density at radius 2 is 2.07 bits per heavy atom. The van der Waals surface area contributed by atoms with Gasteiger partial charge in [0.1, 0.15) is 6.10 Å². The quantitative estimate of drug-likeness (QED) is 0.388. The maximum atomic E-state index is 13.7. The molecule has 3 rings (SSSR count). The van der Waals surface area contributed by atoms with Crippen LogP contribution in [0.4, 0.5) is 4.39 Å². The molecule has 0 amide bonds. The Morgan fingerprint density at radius 1 is 1.33 bits per heavy atom. The number of rotatable bonds is 5. The summed E-state index contributed by atoms with van der Waals surface area (Å²) in [5.74, 6) is 0.826. The largest absolute Gasteiger partial charge is 0.486 e. The van der Waals surface area contributed by atoms with Gasteiger partial charge in [-0.25, -0.2) is 4.39 Å². The van der Waals surface area contributed by atoms with Crippen molar-refractivity contribution < 1.29 is 13.9 Å². The number of likely N-dealkylation sites (tertiary alicyclic amines) is 1. The first-order valence-electron chi connectivity index (χ1n) is 9.36. The molecule has 27 heavy (non-hydrogen) atoms. The molecule has 152 valence electrons. The molecule has 1 N–H and O–H groups in total. The minimum absolute atomic E-state index is 0. The summed E-state index contributed by atoms with van der Waals surface area (Å²) in [6.07, 6.45) is 0.975. The van der Waals surface area contributed by atoms with Crippen molar-refractivity contribution in [3.05, 3.63) is 30.1 Å². The molecule has 2 aliphatic heterocycles. The lowest BCUT2D eigenvalue weighted by Crippen LogP contribution is -2.47. The Morgan fingerprint density at radius 3 is 2.78 bits per heavy atom. The van der Waals surface area contributed by atoms with Crippen LogP contribution in [0.15, 0.2) is 29.3 Å². The van der Waals surface area contributed by atoms with E-state index in [9.17, 15) is 4.39 Å². The van der Waals surface area contributed by atoms with Gasteiger partial charge in [-0.3, -0.25) is 9.89 Å². The van der Waals surface area contributed by atoms with Crippen molar-refractivity contribution in [2.24, 2.45) is 4.99 Å². The van der Waals surface area contributed by atoms with Crippen LogP contribution in [-0.2, 0) is 4.74 Å². The molecule has 2 aliphatic rings. The van der Waals surface area contributed by atoms with Crippen molar-refractivity contribution in [2.45, 2.75) is 25.5 Å². The Hall–Kier alpha value is -1.13. The van der Waals surface area contributed by atoms with Crippen LogP contribution in [-0.4, -0.2) is 80.9 Å². The number of para-hydroxylation sites is 1. The smallest absolute Gasteiger partial charge is 0.193 e. The van der Waals surface area contributed by atoms with E-state index in [0.29, 0.717) is 12.6 Å². The average Bonchev–Trinajstić information content (AvgIpc) is 3.15. The Kier molecular flexibility index (Phi) is 9.04. The summed E-state index contributed by atoms with van der Waals surface area (Å²) in [6, 6.07) is 7.04. The summed E-state index contributed by atoms with van der Waals surface area (Å²) in [7, 11) is 1.80. The third-order valence-corrected chi connectivity index (χ3v) is 4.95. The molecule has 2 unspecified atom stereocenters. The van der Waals surface area contributed by atoms with Gasteiger partial charge in [0.2, 0.25) is 0 Å². The predicted octanol–water partition coefficient (Wildman–Crippen LogP) is 2.19. The third kappa shape index (κ3) is 6.18. The van der Waals surface area contributed by atoms with Gasteiger partial charge >= 0.3 is 0 Å². The van der Waals surface area contributed by atoms with Gasteiger partial charge in [0.15, 0.2) is 17.5 Å². The minimum atomic E-state index is -0.336. The van der Waals surface area contributed by atoms with Gasteiger partial charge in [-0.1, -0.05) is 12.1 Å². The lowest BCUT2D eigenvalue weighted by Gasteiger charge is -2.32. The highest BCUT2D eigenvalue weighted by Crippen LogP contribution is 2.18. The lowest BCUT2D eigenvalue weighted by atomic mass is 10.2. The molecule has 6 nitrogen and oxygen atoms in total. The molecule has 0 saturated carbocycles. The van der Waals surface area contributed by atoms with E-state index in [1.807, 2.05) is 6.92 Å². The summed E-state index contributed by atoms with van der Waals surface area (Å²) in [5, 5.41) is 3.36. The summed E-state index contributed by atoms with van der Waals surface area (Å²) in [4.78, 5) is 9.21. The Labute approximate surface area is 178 Å². The molecule has 0 bridgehead atoms. The van der Waals surface area contributed by atoms with E-state index in [0.717, 1.165) is 51.8 Å². The van der Waals surface area contributed by atoms with E-state index in [1.54, 1.807) is 25.2 Å². The summed E-state index contributed by atoms with van der Waals surface area (Å²) in [5.41, 5.74) is 0. The number of guanidine groups is 1. The SMILES string of the molecule is CN=C(NCC(C)Oc1ccccc1F)N1CCC(N2CCOCC2)C1.I. The highest BCUT2D eigenvalue weighted by atomic mass is 127. The second-order valence-electron chi connectivity index (χ2n) is 6.82. The highest BCUT2D eigenvalue weighted by Gasteiger charge is 2.30. The summed E-state index contributed by atoms with van der Waals surface area (Å²) in [6.45, 7) is 8.14. The Bertz CT molecular complexity index is 613. The number of ether oxygens (including phenoxy) is 2. The van der Waals surface area contributed by atoms with E-state index in [-0.39, 0.29) is 41.6 Å². The normalized spacial score (nSPS) is 22.3. The molecule has 0 radical (unpaired) electrons. The first-order chi connectivity index (χ1) is 12.7. The fraction of sp³-hybridized carbons (Fsp3) is 0.632. The second-order valence-corrected chi connectivity index (χ2v) is 6.82. The maximum Gasteiger partial charge on any atom is 0.193 e. The van der Waals surface area contributed by atoms with Crippen LogP contribution in [0.2, 0.25) is 0 Å². The zero-order valence-corrected chi connectivity index (χ0v) is 18.4. The average molecular weight is 492 g/mol. The van der Waals surface area contributed by atoms with Crippen molar-refractivity contribution in [2.75, 3.05) is 53.0 Å². The van der Waals surface area contributed by atoms with E-state index in [1.165, 1.54) is 6.07 Å². The standard InChI is InChI=1S/C19H29FN4O2.HI/c1-15(26-18-6-4-3-5-17(18)20)13-22-19(21-2)24-8-7-16(14-24)23-9-11-25-12-10-23;/h3-6,15-16H,7-14H2,1-2H3,(H,21,22);1H. The van der Waals surface area contributed by atoms with E-state index >= 15 is 0 Å². The molecule has 2 heterocycles. The van der Waals surface area contributed by atoms with Crippen LogP contribution in [0.3, 0.4) is 0 Å². The zero-order valence-electron chi connectivity index (χ0n) is 16.1. The van der Waals surface area contributed by atoms with Crippen LogP contribution in [0, 0.1) is 5.82 Å². The molecule has 1 aromatic carbocycles. The van der Waals surface area contributed by atoms with E-state index in [2.05, 4.69) is 20.1 Å². The molecule has 8 heteroatoms. The number of nitrogens with one attached hydrogen (secondary N) is 1. The lowest BCUT2D eigenvalue weighted by molar-refractivity contribution is 0.0194. The minimum Gasteiger partial charge on any atom is -0.486 e. The van der Waals surface area contributed by atoms with Gasteiger partial charge in [-0.15, -0.1) is 24.0 Å².